The van der Waals surface area contributed by atoms with Gasteiger partial charge in [-0.05, 0) is 36.4 Å². The van der Waals surface area contributed by atoms with Gasteiger partial charge in [0, 0.05) is 48.1 Å². The van der Waals surface area contributed by atoms with Crippen molar-refractivity contribution in [1.82, 2.24) is 14.8 Å². The average Bonchev–Trinajstić information content (AvgIpc) is 2.79. The van der Waals surface area contributed by atoms with Crippen LogP contribution in [-0.4, -0.2) is 33.1 Å². The molecule has 0 aliphatic rings. The lowest BCUT2D eigenvalue weighted by atomic mass is 10.1. The van der Waals surface area contributed by atoms with Gasteiger partial charge in [-0.3, -0.25) is 9.78 Å². The van der Waals surface area contributed by atoms with Crippen molar-refractivity contribution in [2.45, 2.75) is 12.8 Å². The molecule has 0 fully saturated rings. The highest BCUT2D eigenvalue weighted by atomic mass is 19.4. The number of benzene rings is 2. The number of aliphatic imine (C=N–C) groups is 1. The minimum atomic E-state index is -4.79. The topological polar surface area (TPSA) is 93.2 Å². The number of hydrogen-bond acceptors (Lipinski definition) is 6. The summed E-state index contributed by atoms with van der Waals surface area (Å²) in [6.07, 6.45) is 1.12. The molecule has 7 nitrogen and oxygen atoms in total. The number of nitrogens with one attached hydrogen (secondary N) is 1. The molecule has 0 bridgehead atoms. The molecule has 0 saturated carbocycles. The molecule has 2 aromatic heterocycles. The molecule has 0 aliphatic carbocycles. The van der Waals surface area contributed by atoms with Crippen LogP contribution >= 0.6 is 0 Å². The Bertz CT molecular complexity index is 1390. The number of nitrogens with zero attached hydrogens (tertiary/aromatic N) is 4. The Kier molecular flexibility index (Phi) is 5.99. The summed E-state index contributed by atoms with van der Waals surface area (Å²) in [6.45, 7) is 0. The van der Waals surface area contributed by atoms with E-state index in [9.17, 15) is 18.0 Å². The van der Waals surface area contributed by atoms with E-state index in [1.807, 2.05) is 12.1 Å². The van der Waals surface area contributed by atoms with Crippen LogP contribution < -0.4 is 10.2 Å². The van der Waals surface area contributed by atoms with E-state index < -0.39 is 11.8 Å². The quantitative estimate of drug-likeness (QED) is 0.425. The first-order valence-electron chi connectivity index (χ1n) is 9.70. The molecule has 0 spiro atoms. The molecule has 0 saturated heterocycles. The van der Waals surface area contributed by atoms with E-state index in [1.54, 1.807) is 24.5 Å². The molecule has 0 atom stereocenters. The first-order chi connectivity index (χ1) is 15.8. The Morgan fingerprint density at radius 2 is 1.91 bits per heavy atom. The molecule has 4 rings (SSSR count). The van der Waals surface area contributed by atoms with Gasteiger partial charge < -0.3 is 10.1 Å². The predicted molar refractivity (Wildman–Crippen MR) is 118 cm³/mol. The number of ether oxygens (including phenoxy) is 1. The Hall–Kier alpha value is -4.34. The highest BCUT2D eigenvalue weighted by Crippen LogP contribution is 2.26. The molecule has 0 unspecified atom stereocenters. The van der Waals surface area contributed by atoms with Crippen molar-refractivity contribution in [2.75, 3.05) is 0 Å². The number of hydrogen-bond donors (Lipinski definition) is 1. The Labute approximate surface area is 185 Å². The largest absolute Gasteiger partial charge is 0.573 e. The number of fused-ring (bicyclic) bond motifs is 1. The summed E-state index contributed by atoms with van der Waals surface area (Å²) >= 11 is 0. The second-order valence-electron chi connectivity index (χ2n) is 6.86. The minimum Gasteiger partial charge on any atom is -0.406 e. The summed E-state index contributed by atoms with van der Waals surface area (Å²) in [7, 11) is 0. The van der Waals surface area contributed by atoms with Crippen molar-refractivity contribution in [3.05, 3.63) is 89.1 Å². The average molecular weight is 451 g/mol. The van der Waals surface area contributed by atoms with Crippen LogP contribution in [0.25, 0.3) is 16.5 Å². The van der Waals surface area contributed by atoms with E-state index in [1.165, 1.54) is 29.1 Å². The third-order valence-electron chi connectivity index (χ3n) is 4.62. The standard InChI is InChI=1S/C23H16F3N5O2/c24-23(25,26)33-17-6-4-16(5-7-17)31-13-10-21(32)22(30-31)20(8-11-27)29-19-3-1-2-15-14-28-12-9-18(15)19/h1-7,9-14,27H,8H2. The van der Waals surface area contributed by atoms with E-state index in [0.717, 1.165) is 29.1 Å². The van der Waals surface area contributed by atoms with Gasteiger partial charge >= 0.3 is 6.36 Å². The SMILES string of the molecule is N=CCC(=Nc1cccc2cnccc12)c1nn(-c2ccc(OC(F)(F)F)cc2)ccc1=O. The van der Waals surface area contributed by atoms with E-state index in [2.05, 4.69) is 19.8 Å². The fourth-order valence-electron chi connectivity index (χ4n) is 3.19. The van der Waals surface area contributed by atoms with E-state index in [0.29, 0.717) is 11.4 Å². The number of aromatic nitrogens is 3. The molecular formula is C23H16F3N5O2. The fourth-order valence-corrected chi connectivity index (χ4v) is 3.19. The van der Waals surface area contributed by atoms with Crippen LogP contribution in [0.1, 0.15) is 12.1 Å². The number of rotatable bonds is 6. The van der Waals surface area contributed by atoms with Crippen LogP contribution in [-0.2, 0) is 0 Å². The van der Waals surface area contributed by atoms with Gasteiger partial charge in [-0.2, -0.15) is 5.10 Å². The number of pyridine rings is 1. The zero-order valence-electron chi connectivity index (χ0n) is 17.0. The molecular weight excluding hydrogens is 435 g/mol. The van der Waals surface area contributed by atoms with Crippen LogP contribution in [0.4, 0.5) is 18.9 Å². The second kappa shape index (κ2) is 9.03. The van der Waals surface area contributed by atoms with Crippen molar-refractivity contribution in [3.8, 4) is 11.4 Å². The van der Waals surface area contributed by atoms with Crippen molar-refractivity contribution in [3.63, 3.8) is 0 Å². The lowest BCUT2D eigenvalue weighted by Crippen LogP contribution is -2.21. The van der Waals surface area contributed by atoms with Gasteiger partial charge in [0.25, 0.3) is 0 Å². The molecule has 1 N–H and O–H groups in total. The second-order valence-corrected chi connectivity index (χ2v) is 6.86. The van der Waals surface area contributed by atoms with Crippen molar-refractivity contribution < 1.29 is 17.9 Å². The normalized spacial score (nSPS) is 12.0. The first kappa shape index (κ1) is 21.9. The molecule has 0 amide bonds. The number of halogens is 3. The predicted octanol–water partition coefficient (Wildman–Crippen LogP) is 4.84. The monoisotopic (exact) mass is 451 g/mol. The van der Waals surface area contributed by atoms with Crippen LogP contribution in [0.15, 0.2) is 83.0 Å². The third kappa shape index (κ3) is 5.12. The summed E-state index contributed by atoms with van der Waals surface area (Å²) in [4.78, 5) is 21.3. The zero-order chi connectivity index (χ0) is 23.4. The van der Waals surface area contributed by atoms with Crippen LogP contribution in [0.5, 0.6) is 5.75 Å². The molecule has 166 valence electrons. The summed E-state index contributed by atoms with van der Waals surface area (Å²) in [6, 6.07) is 13.6. The minimum absolute atomic E-state index is 0.0303. The highest BCUT2D eigenvalue weighted by molar-refractivity contribution is 6.08. The van der Waals surface area contributed by atoms with Gasteiger partial charge in [0.1, 0.15) is 5.75 Å². The maximum atomic E-state index is 12.6. The molecule has 0 radical (unpaired) electrons. The van der Waals surface area contributed by atoms with Crippen molar-refractivity contribution >= 4 is 28.4 Å². The third-order valence-corrected chi connectivity index (χ3v) is 4.62. The molecule has 33 heavy (non-hydrogen) atoms. The molecule has 2 aromatic carbocycles. The molecule has 4 aromatic rings. The van der Waals surface area contributed by atoms with Crippen LogP contribution in [0.2, 0.25) is 0 Å². The maximum Gasteiger partial charge on any atom is 0.573 e. The van der Waals surface area contributed by atoms with Gasteiger partial charge in [0.2, 0.25) is 5.43 Å². The summed E-state index contributed by atoms with van der Waals surface area (Å²) in [5, 5.41) is 13.6. The van der Waals surface area contributed by atoms with Gasteiger partial charge in [-0.1, -0.05) is 12.1 Å². The molecule has 10 heteroatoms. The summed E-state index contributed by atoms with van der Waals surface area (Å²) < 4.78 is 42.4. The van der Waals surface area contributed by atoms with Crippen molar-refractivity contribution in [1.29, 1.82) is 5.41 Å². The van der Waals surface area contributed by atoms with E-state index >= 15 is 0 Å². The first-order valence-corrected chi connectivity index (χ1v) is 9.70. The highest BCUT2D eigenvalue weighted by Gasteiger charge is 2.31. The Morgan fingerprint density at radius 1 is 1.12 bits per heavy atom. The number of alkyl halides is 3. The Morgan fingerprint density at radius 3 is 2.64 bits per heavy atom. The summed E-state index contributed by atoms with van der Waals surface area (Å²) in [5.41, 5.74) is 0.923. The summed E-state index contributed by atoms with van der Waals surface area (Å²) in [5.74, 6) is -0.371. The van der Waals surface area contributed by atoms with Gasteiger partial charge in [0.05, 0.1) is 17.1 Å². The molecule has 2 heterocycles. The van der Waals surface area contributed by atoms with E-state index in [-0.39, 0.29) is 23.6 Å². The van der Waals surface area contributed by atoms with E-state index in [4.69, 9.17) is 5.41 Å². The lowest BCUT2D eigenvalue weighted by molar-refractivity contribution is -0.274. The van der Waals surface area contributed by atoms with Crippen LogP contribution in [0.3, 0.4) is 0 Å². The zero-order valence-corrected chi connectivity index (χ0v) is 17.0. The van der Waals surface area contributed by atoms with Gasteiger partial charge in [-0.15, -0.1) is 13.2 Å². The Balaban J connectivity index is 1.75. The fraction of sp³-hybridized carbons (Fsp3) is 0.0870. The van der Waals surface area contributed by atoms with Crippen molar-refractivity contribution in [2.24, 2.45) is 4.99 Å². The smallest absolute Gasteiger partial charge is 0.406 e. The van der Waals surface area contributed by atoms with Gasteiger partial charge in [0.15, 0.2) is 5.69 Å². The van der Waals surface area contributed by atoms with Crippen LogP contribution in [0, 0.1) is 5.41 Å². The lowest BCUT2D eigenvalue weighted by Gasteiger charge is -2.11. The van der Waals surface area contributed by atoms with Gasteiger partial charge in [-0.25, -0.2) is 9.67 Å². The molecule has 0 aliphatic heterocycles. The maximum absolute atomic E-state index is 12.6.